The topological polar surface area (TPSA) is 54.7 Å². The number of fused-ring (bicyclic) bond motifs is 1. The van der Waals surface area contributed by atoms with Crippen LogP contribution in [-0.2, 0) is 6.42 Å². The van der Waals surface area contributed by atoms with Crippen molar-refractivity contribution in [3.05, 3.63) is 29.8 Å². The summed E-state index contributed by atoms with van der Waals surface area (Å²) in [7, 11) is 0. The Morgan fingerprint density at radius 1 is 1.32 bits per heavy atom. The number of hydrogen-bond acceptors (Lipinski definition) is 2. The second-order valence-electron chi connectivity index (χ2n) is 5.44. The van der Waals surface area contributed by atoms with Crippen LogP contribution in [0.25, 0.3) is 11.0 Å². The molecule has 0 aliphatic carbocycles. The highest BCUT2D eigenvalue weighted by molar-refractivity contribution is 5.75. The number of nitrogens with zero attached hydrogens (tertiary/aromatic N) is 1. The number of hydrogen-bond donors (Lipinski definition) is 2. The zero-order valence-corrected chi connectivity index (χ0v) is 11.6. The molecule has 4 heteroatoms. The van der Waals surface area contributed by atoms with Crippen LogP contribution >= 0.6 is 0 Å². The van der Waals surface area contributed by atoms with E-state index in [1.54, 1.807) is 6.07 Å². The maximum absolute atomic E-state index is 13.5. The summed E-state index contributed by atoms with van der Waals surface area (Å²) < 4.78 is 13.5. The summed E-state index contributed by atoms with van der Waals surface area (Å²) in [6.45, 7) is 5.16. The van der Waals surface area contributed by atoms with Crippen LogP contribution in [0, 0.1) is 17.7 Å². The van der Waals surface area contributed by atoms with E-state index < -0.39 is 0 Å². The molecule has 2 aromatic rings. The molecule has 0 aliphatic heterocycles. The SMILES string of the molecule is CC(C)C(CCN)CCc1nc2c(F)cccc2[nH]1. The van der Waals surface area contributed by atoms with Crippen molar-refractivity contribution in [2.75, 3.05) is 6.54 Å². The van der Waals surface area contributed by atoms with Crippen LogP contribution in [0.3, 0.4) is 0 Å². The Bertz CT molecular complexity index is 533. The number of benzene rings is 1. The number of H-pyrrole nitrogens is 1. The van der Waals surface area contributed by atoms with Crippen molar-refractivity contribution in [3.63, 3.8) is 0 Å². The Morgan fingerprint density at radius 2 is 2.11 bits per heavy atom. The molecule has 3 nitrogen and oxygen atoms in total. The van der Waals surface area contributed by atoms with E-state index in [-0.39, 0.29) is 5.82 Å². The summed E-state index contributed by atoms with van der Waals surface area (Å²) in [4.78, 5) is 7.53. The van der Waals surface area contributed by atoms with Crippen LogP contribution in [-0.4, -0.2) is 16.5 Å². The highest BCUT2D eigenvalue weighted by Gasteiger charge is 2.14. The molecular formula is C15H22FN3. The van der Waals surface area contributed by atoms with Gasteiger partial charge >= 0.3 is 0 Å². The van der Waals surface area contributed by atoms with Crippen LogP contribution in [0.15, 0.2) is 18.2 Å². The van der Waals surface area contributed by atoms with Crippen LogP contribution in [0.1, 0.15) is 32.5 Å². The first-order valence-corrected chi connectivity index (χ1v) is 6.95. The zero-order valence-electron chi connectivity index (χ0n) is 11.6. The van der Waals surface area contributed by atoms with Gasteiger partial charge in [-0.1, -0.05) is 19.9 Å². The normalized spacial score (nSPS) is 13.3. The van der Waals surface area contributed by atoms with Gasteiger partial charge in [-0.2, -0.15) is 0 Å². The van der Waals surface area contributed by atoms with Gasteiger partial charge in [0.2, 0.25) is 0 Å². The predicted molar refractivity (Wildman–Crippen MR) is 76.4 cm³/mol. The summed E-state index contributed by atoms with van der Waals surface area (Å²) in [6.07, 6.45) is 2.92. The van der Waals surface area contributed by atoms with Crippen molar-refractivity contribution >= 4 is 11.0 Å². The summed E-state index contributed by atoms with van der Waals surface area (Å²) in [5.74, 6) is 1.82. The van der Waals surface area contributed by atoms with Crippen molar-refractivity contribution in [1.82, 2.24) is 9.97 Å². The maximum Gasteiger partial charge on any atom is 0.151 e. The summed E-state index contributed by atoms with van der Waals surface area (Å²) in [5.41, 5.74) is 6.86. The number of aryl methyl sites for hydroxylation is 1. The Hall–Kier alpha value is -1.42. The van der Waals surface area contributed by atoms with Crippen molar-refractivity contribution < 1.29 is 4.39 Å². The second kappa shape index (κ2) is 6.15. The lowest BCUT2D eigenvalue weighted by Gasteiger charge is -2.19. The van der Waals surface area contributed by atoms with Gasteiger partial charge in [-0.3, -0.25) is 0 Å². The van der Waals surface area contributed by atoms with E-state index in [0.29, 0.717) is 17.4 Å². The first-order chi connectivity index (χ1) is 9.11. The lowest BCUT2D eigenvalue weighted by Crippen LogP contribution is -2.15. The van der Waals surface area contributed by atoms with E-state index in [1.165, 1.54) is 6.07 Å². The minimum atomic E-state index is -0.262. The van der Waals surface area contributed by atoms with Gasteiger partial charge in [-0.05, 0) is 43.4 Å². The van der Waals surface area contributed by atoms with E-state index in [0.717, 1.165) is 37.1 Å². The van der Waals surface area contributed by atoms with Gasteiger partial charge in [0.1, 0.15) is 11.3 Å². The van der Waals surface area contributed by atoms with E-state index >= 15 is 0 Å². The molecule has 0 amide bonds. The molecule has 0 saturated carbocycles. The summed E-state index contributed by atoms with van der Waals surface area (Å²) in [6, 6.07) is 5.00. The fourth-order valence-electron chi connectivity index (χ4n) is 2.51. The number of imidazole rings is 1. The maximum atomic E-state index is 13.5. The molecule has 104 valence electrons. The van der Waals surface area contributed by atoms with Crippen LogP contribution in [0.4, 0.5) is 4.39 Å². The molecular weight excluding hydrogens is 241 g/mol. The van der Waals surface area contributed by atoms with Crippen LogP contribution in [0.5, 0.6) is 0 Å². The number of aromatic nitrogens is 2. The summed E-state index contributed by atoms with van der Waals surface area (Å²) >= 11 is 0. The quantitative estimate of drug-likeness (QED) is 0.840. The van der Waals surface area contributed by atoms with Crippen LogP contribution < -0.4 is 5.73 Å². The number of aromatic amines is 1. The fraction of sp³-hybridized carbons (Fsp3) is 0.533. The predicted octanol–water partition coefficient (Wildman–Crippen LogP) is 3.26. The molecule has 3 N–H and O–H groups in total. The number of nitrogens with one attached hydrogen (secondary N) is 1. The molecule has 1 aromatic carbocycles. The fourth-order valence-corrected chi connectivity index (χ4v) is 2.51. The molecule has 2 rings (SSSR count). The molecule has 0 spiro atoms. The van der Waals surface area contributed by atoms with E-state index in [4.69, 9.17) is 5.73 Å². The lowest BCUT2D eigenvalue weighted by atomic mass is 9.88. The molecule has 1 atom stereocenters. The van der Waals surface area contributed by atoms with Gasteiger partial charge in [-0.15, -0.1) is 0 Å². The highest BCUT2D eigenvalue weighted by atomic mass is 19.1. The molecule has 0 fully saturated rings. The number of halogens is 1. The molecule has 0 radical (unpaired) electrons. The van der Waals surface area contributed by atoms with Gasteiger partial charge < -0.3 is 10.7 Å². The second-order valence-corrected chi connectivity index (χ2v) is 5.44. The largest absolute Gasteiger partial charge is 0.342 e. The Labute approximate surface area is 113 Å². The zero-order chi connectivity index (χ0) is 13.8. The smallest absolute Gasteiger partial charge is 0.151 e. The van der Waals surface area contributed by atoms with Crippen LogP contribution in [0.2, 0.25) is 0 Å². The third kappa shape index (κ3) is 3.32. The van der Waals surface area contributed by atoms with Gasteiger partial charge in [0.15, 0.2) is 5.82 Å². The Kier molecular flexibility index (Phi) is 4.53. The molecule has 1 unspecified atom stereocenters. The van der Waals surface area contributed by atoms with Gasteiger partial charge in [0.25, 0.3) is 0 Å². The third-order valence-electron chi connectivity index (χ3n) is 3.74. The number of para-hydroxylation sites is 1. The average Bonchev–Trinajstić information content (AvgIpc) is 2.78. The van der Waals surface area contributed by atoms with E-state index in [2.05, 4.69) is 23.8 Å². The van der Waals surface area contributed by atoms with E-state index in [1.807, 2.05) is 6.07 Å². The lowest BCUT2D eigenvalue weighted by molar-refractivity contribution is 0.339. The van der Waals surface area contributed by atoms with Gasteiger partial charge in [0.05, 0.1) is 5.52 Å². The molecule has 19 heavy (non-hydrogen) atoms. The van der Waals surface area contributed by atoms with Gasteiger partial charge in [-0.25, -0.2) is 9.37 Å². The Balaban J connectivity index is 2.07. The number of nitrogens with two attached hydrogens (primary N) is 1. The molecule has 0 bridgehead atoms. The van der Waals surface area contributed by atoms with Crippen molar-refractivity contribution in [3.8, 4) is 0 Å². The van der Waals surface area contributed by atoms with E-state index in [9.17, 15) is 4.39 Å². The van der Waals surface area contributed by atoms with Crippen molar-refractivity contribution in [2.45, 2.75) is 33.1 Å². The first kappa shape index (κ1) is 14.0. The first-order valence-electron chi connectivity index (χ1n) is 6.95. The van der Waals surface area contributed by atoms with Crippen molar-refractivity contribution in [1.29, 1.82) is 0 Å². The molecule has 1 aromatic heterocycles. The monoisotopic (exact) mass is 263 g/mol. The summed E-state index contributed by atoms with van der Waals surface area (Å²) in [5, 5.41) is 0. The molecule has 0 aliphatic rings. The Morgan fingerprint density at radius 3 is 2.74 bits per heavy atom. The van der Waals surface area contributed by atoms with Crippen molar-refractivity contribution in [2.24, 2.45) is 17.6 Å². The highest BCUT2D eigenvalue weighted by Crippen LogP contribution is 2.22. The third-order valence-corrected chi connectivity index (χ3v) is 3.74. The minimum Gasteiger partial charge on any atom is -0.342 e. The molecule has 1 heterocycles. The van der Waals surface area contributed by atoms with Gasteiger partial charge in [0, 0.05) is 6.42 Å². The average molecular weight is 263 g/mol. The number of rotatable bonds is 6. The molecule has 0 saturated heterocycles. The minimum absolute atomic E-state index is 0.262. The standard InChI is InChI=1S/C15H22FN3/c1-10(2)11(8-9-17)6-7-14-18-13-5-3-4-12(16)15(13)19-14/h3-5,10-11H,6-9,17H2,1-2H3,(H,18,19).